The van der Waals surface area contributed by atoms with Crippen molar-refractivity contribution in [2.75, 3.05) is 13.6 Å². The first kappa shape index (κ1) is 13.8. The fraction of sp³-hybridized carbons (Fsp3) is 0.375. The number of nitrogens with zero attached hydrogens (tertiary/aromatic N) is 1. The van der Waals surface area contributed by atoms with Crippen molar-refractivity contribution in [1.82, 2.24) is 4.90 Å². The second-order valence-electron chi connectivity index (χ2n) is 5.10. The molecule has 102 valence electrons. The highest BCUT2D eigenvalue weighted by Gasteiger charge is 2.18. The molecular weight excluding hydrogens is 236 g/mol. The summed E-state index contributed by atoms with van der Waals surface area (Å²) in [6.07, 6.45) is 1.70. The van der Waals surface area contributed by atoms with E-state index in [1.807, 2.05) is 12.1 Å². The summed E-state index contributed by atoms with van der Waals surface area (Å²) in [4.78, 5) is 2.23. The quantitative estimate of drug-likeness (QED) is 0.896. The van der Waals surface area contributed by atoms with E-state index in [0.29, 0.717) is 6.54 Å². The summed E-state index contributed by atoms with van der Waals surface area (Å²) in [6, 6.07) is 10.6. The van der Waals surface area contributed by atoms with Crippen molar-refractivity contribution in [1.29, 1.82) is 0 Å². The Kier molecular flexibility index (Phi) is 4.40. The fourth-order valence-corrected chi connectivity index (χ4v) is 2.29. The molecular formula is C16H22N2O. The largest absolute Gasteiger partial charge is 0.468 e. The van der Waals surface area contributed by atoms with Crippen LogP contribution in [0.25, 0.3) is 0 Å². The van der Waals surface area contributed by atoms with Gasteiger partial charge in [0.1, 0.15) is 5.76 Å². The van der Waals surface area contributed by atoms with E-state index >= 15 is 0 Å². The van der Waals surface area contributed by atoms with Gasteiger partial charge in [0.25, 0.3) is 0 Å². The van der Waals surface area contributed by atoms with E-state index in [1.165, 1.54) is 16.7 Å². The molecule has 0 amide bonds. The molecule has 0 aliphatic carbocycles. The smallest absolute Gasteiger partial charge is 0.122 e. The van der Waals surface area contributed by atoms with Crippen LogP contribution in [0.1, 0.15) is 28.5 Å². The molecule has 3 nitrogen and oxygen atoms in total. The molecule has 0 fully saturated rings. The molecule has 2 aromatic rings. The SMILES string of the molecule is Cc1ccc(CN(C)C(CN)c2ccco2)cc1C. The molecule has 1 unspecified atom stereocenters. The van der Waals surface area contributed by atoms with Gasteiger partial charge in [-0.1, -0.05) is 18.2 Å². The van der Waals surface area contributed by atoms with Crippen LogP contribution in [0.5, 0.6) is 0 Å². The van der Waals surface area contributed by atoms with Crippen LogP contribution in [0.2, 0.25) is 0 Å². The number of likely N-dealkylation sites (N-methyl/N-ethyl adjacent to an activating group) is 1. The Balaban J connectivity index is 2.11. The predicted molar refractivity (Wildman–Crippen MR) is 77.9 cm³/mol. The Hall–Kier alpha value is -1.58. The molecule has 3 heteroatoms. The van der Waals surface area contributed by atoms with Gasteiger partial charge in [-0.3, -0.25) is 4.90 Å². The van der Waals surface area contributed by atoms with Crippen LogP contribution >= 0.6 is 0 Å². The molecule has 0 bridgehead atoms. The maximum atomic E-state index is 5.87. The van der Waals surface area contributed by atoms with Crippen LogP contribution < -0.4 is 5.73 Å². The lowest BCUT2D eigenvalue weighted by Gasteiger charge is -2.25. The number of nitrogens with two attached hydrogens (primary N) is 1. The van der Waals surface area contributed by atoms with E-state index in [-0.39, 0.29) is 6.04 Å². The van der Waals surface area contributed by atoms with Crippen molar-refractivity contribution in [2.45, 2.75) is 26.4 Å². The molecule has 0 aliphatic rings. The van der Waals surface area contributed by atoms with Crippen molar-refractivity contribution in [3.05, 3.63) is 59.0 Å². The predicted octanol–water partition coefficient (Wildman–Crippen LogP) is 3.03. The van der Waals surface area contributed by atoms with Crippen LogP contribution in [0.15, 0.2) is 41.0 Å². The maximum Gasteiger partial charge on any atom is 0.122 e. The third-order valence-electron chi connectivity index (χ3n) is 3.63. The molecule has 2 rings (SSSR count). The number of rotatable bonds is 5. The number of benzene rings is 1. The van der Waals surface area contributed by atoms with Gasteiger partial charge in [-0.15, -0.1) is 0 Å². The van der Waals surface area contributed by atoms with E-state index in [2.05, 4.69) is 44.0 Å². The van der Waals surface area contributed by atoms with Gasteiger partial charge >= 0.3 is 0 Å². The Morgan fingerprint density at radius 3 is 2.58 bits per heavy atom. The lowest BCUT2D eigenvalue weighted by Crippen LogP contribution is -2.29. The first-order valence-corrected chi connectivity index (χ1v) is 6.61. The highest BCUT2D eigenvalue weighted by atomic mass is 16.3. The van der Waals surface area contributed by atoms with Gasteiger partial charge in [-0.2, -0.15) is 0 Å². The van der Waals surface area contributed by atoms with Crippen LogP contribution in [0.3, 0.4) is 0 Å². The Morgan fingerprint density at radius 2 is 2.00 bits per heavy atom. The van der Waals surface area contributed by atoms with Crippen LogP contribution in [-0.2, 0) is 6.54 Å². The molecule has 1 aromatic heterocycles. The summed E-state index contributed by atoms with van der Waals surface area (Å²) in [6.45, 7) is 5.69. The lowest BCUT2D eigenvalue weighted by molar-refractivity contribution is 0.213. The molecule has 1 atom stereocenters. The molecule has 0 saturated heterocycles. The van der Waals surface area contributed by atoms with Crippen LogP contribution in [0.4, 0.5) is 0 Å². The highest BCUT2D eigenvalue weighted by molar-refractivity contribution is 5.29. The molecule has 0 saturated carbocycles. The van der Waals surface area contributed by atoms with Crippen molar-refractivity contribution in [3.63, 3.8) is 0 Å². The van der Waals surface area contributed by atoms with Gasteiger partial charge < -0.3 is 10.2 Å². The monoisotopic (exact) mass is 258 g/mol. The van der Waals surface area contributed by atoms with E-state index in [0.717, 1.165) is 12.3 Å². The topological polar surface area (TPSA) is 42.4 Å². The molecule has 0 aliphatic heterocycles. The number of hydrogen-bond acceptors (Lipinski definition) is 3. The third-order valence-corrected chi connectivity index (χ3v) is 3.63. The molecule has 0 radical (unpaired) electrons. The minimum absolute atomic E-state index is 0.122. The zero-order valence-electron chi connectivity index (χ0n) is 11.9. The van der Waals surface area contributed by atoms with Crippen LogP contribution in [-0.4, -0.2) is 18.5 Å². The average Bonchev–Trinajstić information content (AvgIpc) is 2.88. The first-order chi connectivity index (χ1) is 9.11. The van der Waals surface area contributed by atoms with Crippen molar-refractivity contribution < 1.29 is 4.42 Å². The zero-order valence-corrected chi connectivity index (χ0v) is 11.9. The van der Waals surface area contributed by atoms with Crippen molar-refractivity contribution >= 4 is 0 Å². The number of aryl methyl sites for hydroxylation is 2. The van der Waals surface area contributed by atoms with Gasteiger partial charge in [-0.25, -0.2) is 0 Å². The Labute approximate surface area is 115 Å². The molecule has 19 heavy (non-hydrogen) atoms. The average molecular weight is 258 g/mol. The second-order valence-corrected chi connectivity index (χ2v) is 5.10. The lowest BCUT2D eigenvalue weighted by atomic mass is 10.1. The minimum Gasteiger partial charge on any atom is -0.468 e. The molecule has 1 heterocycles. The number of hydrogen-bond donors (Lipinski definition) is 1. The van der Waals surface area contributed by atoms with E-state index in [9.17, 15) is 0 Å². The Morgan fingerprint density at radius 1 is 1.21 bits per heavy atom. The summed E-state index contributed by atoms with van der Waals surface area (Å²) >= 11 is 0. The third kappa shape index (κ3) is 3.25. The standard InChI is InChI=1S/C16H22N2O/c1-12-6-7-14(9-13(12)2)11-18(3)15(10-17)16-5-4-8-19-16/h4-9,15H,10-11,17H2,1-3H3. The van der Waals surface area contributed by atoms with Crippen LogP contribution in [0, 0.1) is 13.8 Å². The molecule has 2 N–H and O–H groups in total. The zero-order chi connectivity index (χ0) is 13.8. The first-order valence-electron chi connectivity index (χ1n) is 6.61. The summed E-state index contributed by atoms with van der Waals surface area (Å²) in [5, 5.41) is 0. The summed E-state index contributed by atoms with van der Waals surface area (Å²) in [5.74, 6) is 0.925. The maximum absolute atomic E-state index is 5.87. The van der Waals surface area contributed by atoms with E-state index in [4.69, 9.17) is 10.2 Å². The summed E-state index contributed by atoms with van der Waals surface area (Å²) < 4.78 is 5.47. The number of furan rings is 1. The summed E-state index contributed by atoms with van der Waals surface area (Å²) in [5.41, 5.74) is 9.83. The minimum atomic E-state index is 0.122. The van der Waals surface area contributed by atoms with Crippen molar-refractivity contribution in [2.24, 2.45) is 5.73 Å². The normalized spacial score (nSPS) is 12.9. The van der Waals surface area contributed by atoms with Crippen molar-refractivity contribution in [3.8, 4) is 0 Å². The van der Waals surface area contributed by atoms with Gasteiger partial charge in [0, 0.05) is 13.1 Å². The van der Waals surface area contributed by atoms with Gasteiger partial charge in [0.05, 0.1) is 12.3 Å². The van der Waals surface area contributed by atoms with Gasteiger partial charge in [0.2, 0.25) is 0 Å². The van der Waals surface area contributed by atoms with E-state index < -0.39 is 0 Å². The molecule has 0 spiro atoms. The fourth-order valence-electron chi connectivity index (χ4n) is 2.29. The second kappa shape index (κ2) is 6.04. The summed E-state index contributed by atoms with van der Waals surface area (Å²) in [7, 11) is 2.08. The Bertz CT molecular complexity index is 520. The van der Waals surface area contributed by atoms with Gasteiger partial charge in [-0.05, 0) is 49.7 Å². The molecule has 1 aromatic carbocycles. The van der Waals surface area contributed by atoms with Gasteiger partial charge in [0.15, 0.2) is 0 Å². The highest BCUT2D eigenvalue weighted by Crippen LogP contribution is 2.21. The van der Waals surface area contributed by atoms with E-state index in [1.54, 1.807) is 6.26 Å².